The fourth-order valence-corrected chi connectivity index (χ4v) is 2.25. The van der Waals surface area contributed by atoms with E-state index in [1.54, 1.807) is 6.92 Å². The molecule has 1 heterocycles. The lowest BCUT2D eigenvalue weighted by molar-refractivity contribution is -0.151. The Hall–Kier alpha value is -1.14. The number of hydrogen-bond acceptors (Lipinski definition) is 4. The van der Waals surface area contributed by atoms with E-state index in [0.29, 0.717) is 6.61 Å². The molecule has 0 bridgehead atoms. The van der Waals surface area contributed by atoms with Crippen molar-refractivity contribution in [2.75, 3.05) is 19.8 Å². The molecule has 0 aromatic heterocycles. The summed E-state index contributed by atoms with van der Waals surface area (Å²) in [6, 6.07) is 0.0809. The third kappa shape index (κ3) is 4.18. The van der Waals surface area contributed by atoms with E-state index < -0.39 is 12.1 Å². The summed E-state index contributed by atoms with van der Waals surface area (Å²) in [5.41, 5.74) is 0. The van der Waals surface area contributed by atoms with Gasteiger partial charge in [-0.3, -0.25) is 9.59 Å². The minimum absolute atomic E-state index is 0.0732. The quantitative estimate of drug-likeness (QED) is 0.735. The smallest absolute Gasteiger partial charge is 0.323 e. The highest BCUT2D eigenvalue weighted by Gasteiger charge is 2.36. The van der Waals surface area contributed by atoms with Gasteiger partial charge in [0.15, 0.2) is 0 Å². The Morgan fingerprint density at radius 2 is 2.16 bits per heavy atom. The second-order valence-electron chi connectivity index (χ2n) is 5.20. The molecular formula is C13H21NO5. The molecule has 1 saturated carbocycles. The van der Waals surface area contributed by atoms with Crippen molar-refractivity contribution in [1.29, 1.82) is 0 Å². The van der Waals surface area contributed by atoms with Crippen molar-refractivity contribution in [3.8, 4) is 0 Å². The lowest BCUT2D eigenvalue weighted by atomic mass is 10.2. The minimum Gasteiger partial charge on any atom is -0.480 e. The number of carbonyl (C=O) groups excluding carboxylic acids is 1. The van der Waals surface area contributed by atoms with Gasteiger partial charge in [-0.15, -0.1) is 0 Å². The molecule has 108 valence electrons. The number of carboxylic acids is 1. The maximum atomic E-state index is 12.2. The summed E-state index contributed by atoms with van der Waals surface area (Å²) in [4.78, 5) is 24.4. The number of amides is 1. The van der Waals surface area contributed by atoms with Crippen LogP contribution in [0.5, 0.6) is 0 Å². The summed E-state index contributed by atoms with van der Waals surface area (Å²) < 4.78 is 10.9. The molecule has 2 atom stereocenters. The maximum absolute atomic E-state index is 12.2. The lowest BCUT2D eigenvalue weighted by Gasteiger charge is -2.24. The van der Waals surface area contributed by atoms with Crippen LogP contribution in [0.15, 0.2) is 0 Å². The molecule has 1 saturated heterocycles. The van der Waals surface area contributed by atoms with E-state index >= 15 is 0 Å². The number of aliphatic carboxylic acids is 1. The van der Waals surface area contributed by atoms with Crippen LogP contribution in [0.1, 0.15) is 32.6 Å². The van der Waals surface area contributed by atoms with Crippen molar-refractivity contribution in [3.05, 3.63) is 0 Å². The van der Waals surface area contributed by atoms with Crippen LogP contribution >= 0.6 is 0 Å². The molecule has 0 radical (unpaired) electrons. The van der Waals surface area contributed by atoms with Gasteiger partial charge >= 0.3 is 5.97 Å². The molecule has 6 heteroatoms. The van der Waals surface area contributed by atoms with Crippen molar-refractivity contribution in [2.45, 2.75) is 50.9 Å². The molecular weight excluding hydrogens is 250 g/mol. The van der Waals surface area contributed by atoms with Crippen LogP contribution in [0, 0.1) is 0 Å². The van der Waals surface area contributed by atoms with E-state index in [1.807, 2.05) is 0 Å². The Morgan fingerprint density at radius 1 is 1.42 bits per heavy atom. The second kappa shape index (κ2) is 6.34. The van der Waals surface area contributed by atoms with Crippen LogP contribution in [0.25, 0.3) is 0 Å². The Morgan fingerprint density at radius 3 is 2.68 bits per heavy atom. The predicted octanol–water partition coefficient (Wildman–Crippen LogP) is 0.646. The largest absolute Gasteiger partial charge is 0.480 e. The zero-order valence-electron chi connectivity index (χ0n) is 11.2. The Labute approximate surface area is 112 Å². The summed E-state index contributed by atoms with van der Waals surface area (Å²) in [5, 5.41) is 8.84. The molecule has 6 nitrogen and oxygen atoms in total. The molecule has 2 rings (SSSR count). The summed E-state index contributed by atoms with van der Waals surface area (Å²) in [5.74, 6) is -1.21. The number of nitrogens with zero attached hydrogens (tertiary/aromatic N) is 1. The molecule has 1 aliphatic heterocycles. The molecule has 2 aliphatic rings. The maximum Gasteiger partial charge on any atom is 0.323 e. The van der Waals surface area contributed by atoms with E-state index in [0.717, 1.165) is 32.3 Å². The van der Waals surface area contributed by atoms with Gasteiger partial charge in [-0.25, -0.2) is 0 Å². The van der Waals surface area contributed by atoms with Crippen LogP contribution in [-0.4, -0.2) is 59.9 Å². The molecule has 2 fully saturated rings. The van der Waals surface area contributed by atoms with E-state index in [-0.39, 0.29) is 24.6 Å². The zero-order chi connectivity index (χ0) is 13.8. The molecule has 1 N–H and O–H groups in total. The first-order valence-electron chi connectivity index (χ1n) is 6.83. The fraction of sp³-hybridized carbons (Fsp3) is 0.846. The molecule has 2 unspecified atom stereocenters. The molecule has 1 amide bonds. The topological polar surface area (TPSA) is 76.1 Å². The normalized spacial score (nSPS) is 24.2. The van der Waals surface area contributed by atoms with Crippen LogP contribution in [0.4, 0.5) is 0 Å². The summed E-state index contributed by atoms with van der Waals surface area (Å²) in [6.07, 6.45) is 3.23. The van der Waals surface area contributed by atoms with Crippen LogP contribution in [0.2, 0.25) is 0 Å². The van der Waals surface area contributed by atoms with E-state index in [4.69, 9.17) is 14.6 Å². The molecule has 0 aromatic carbocycles. The molecule has 0 aromatic rings. The fourth-order valence-electron chi connectivity index (χ4n) is 2.25. The highest BCUT2D eigenvalue weighted by Crippen LogP contribution is 2.27. The van der Waals surface area contributed by atoms with Crippen molar-refractivity contribution >= 4 is 11.9 Å². The lowest BCUT2D eigenvalue weighted by Crippen LogP contribution is -2.44. The Balaban J connectivity index is 1.79. The van der Waals surface area contributed by atoms with E-state index in [1.165, 1.54) is 4.90 Å². The predicted molar refractivity (Wildman–Crippen MR) is 66.8 cm³/mol. The Bertz CT molecular complexity index is 336. The Kier molecular flexibility index (Phi) is 4.76. The second-order valence-corrected chi connectivity index (χ2v) is 5.20. The van der Waals surface area contributed by atoms with Crippen molar-refractivity contribution < 1.29 is 24.2 Å². The van der Waals surface area contributed by atoms with Gasteiger partial charge in [-0.05, 0) is 32.6 Å². The van der Waals surface area contributed by atoms with Crippen molar-refractivity contribution in [1.82, 2.24) is 4.90 Å². The molecule has 1 aliphatic carbocycles. The summed E-state index contributed by atoms with van der Waals surface area (Å²) in [6.45, 7) is 2.59. The van der Waals surface area contributed by atoms with Crippen molar-refractivity contribution in [2.24, 2.45) is 0 Å². The minimum atomic E-state index is -0.980. The standard InChI is InChI=1S/C13H21NO5/c1-9(19-8-11-3-2-6-18-11)13(17)14(7-12(15)16)10-4-5-10/h9-11H,2-8H2,1H3,(H,15,16). The third-order valence-corrected chi connectivity index (χ3v) is 3.48. The highest BCUT2D eigenvalue weighted by molar-refractivity contribution is 5.85. The van der Waals surface area contributed by atoms with E-state index in [9.17, 15) is 9.59 Å². The number of carboxylic acid groups (broad SMARTS) is 1. The highest BCUT2D eigenvalue weighted by atomic mass is 16.5. The number of carbonyl (C=O) groups is 2. The monoisotopic (exact) mass is 271 g/mol. The summed E-state index contributed by atoms with van der Waals surface area (Å²) in [7, 11) is 0. The van der Waals surface area contributed by atoms with Crippen LogP contribution < -0.4 is 0 Å². The average molecular weight is 271 g/mol. The van der Waals surface area contributed by atoms with Crippen LogP contribution in [-0.2, 0) is 19.1 Å². The van der Waals surface area contributed by atoms with Gasteiger partial charge < -0.3 is 19.5 Å². The van der Waals surface area contributed by atoms with Crippen molar-refractivity contribution in [3.63, 3.8) is 0 Å². The van der Waals surface area contributed by atoms with Gasteiger partial charge in [0, 0.05) is 12.6 Å². The molecule has 19 heavy (non-hydrogen) atoms. The number of ether oxygens (including phenoxy) is 2. The van der Waals surface area contributed by atoms with Gasteiger partial charge in [-0.2, -0.15) is 0 Å². The number of hydrogen-bond donors (Lipinski definition) is 1. The average Bonchev–Trinajstić information content (AvgIpc) is 3.08. The first kappa shape index (κ1) is 14.3. The number of rotatable bonds is 7. The first-order chi connectivity index (χ1) is 9.08. The third-order valence-electron chi connectivity index (χ3n) is 3.48. The zero-order valence-corrected chi connectivity index (χ0v) is 11.2. The van der Waals surface area contributed by atoms with Gasteiger partial charge in [0.05, 0.1) is 12.7 Å². The SMILES string of the molecule is CC(OCC1CCCO1)C(=O)N(CC(=O)O)C1CC1. The van der Waals surface area contributed by atoms with Crippen LogP contribution in [0.3, 0.4) is 0 Å². The summed E-state index contributed by atoms with van der Waals surface area (Å²) >= 11 is 0. The molecule has 0 spiro atoms. The first-order valence-corrected chi connectivity index (χ1v) is 6.83. The van der Waals surface area contributed by atoms with Gasteiger partial charge in [-0.1, -0.05) is 0 Å². The van der Waals surface area contributed by atoms with E-state index in [2.05, 4.69) is 0 Å². The van der Waals surface area contributed by atoms with Gasteiger partial charge in [0.25, 0.3) is 5.91 Å². The van der Waals surface area contributed by atoms with Gasteiger partial charge in [0.2, 0.25) is 0 Å². The van der Waals surface area contributed by atoms with Gasteiger partial charge in [0.1, 0.15) is 12.6 Å².